The first-order valence-electron chi connectivity index (χ1n) is 4.78. The topological polar surface area (TPSA) is 50.4 Å². The molecule has 0 atom stereocenters. The van der Waals surface area contributed by atoms with E-state index in [1.54, 1.807) is 17.8 Å². The van der Waals surface area contributed by atoms with Gasteiger partial charge < -0.3 is 9.52 Å². The molecule has 4 heteroatoms. The number of aromatic carboxylic acids is 1. The molecule has 0 aromatic carbocycles. The van der Waals surface area contributed by atoms with Gasteiger partial charge in [0.2, 0.25) is 5.76 Å². The average molecular weight is 228 g/mol. The highest BCUT2D eigenvalue weighted by Crippen LogP contribution is 2.24. The third kappa shape index (κ3) is 4.42. The molecule has 0 bridgehead atoms. The molecule has 0 unspecified atom stereocenters. The zero-order valence-corrected chi connectivity index (χ0v) is 10.1. The Kier molecular flexibility index (Phi) is 3.85. The molecule has 1 heterocycles. The number of hydrogen-bond acceptors (Lipinski definition) is 3. The van der Waals surface area contributed by atoms with Gasteiger partial charge >= 0.3 is 5.97 Å². The molecule has 1 aromatic rings. The van der Waals surface area contributed by atoms with Gasteiger partial charge in [0.15, 0.2) is 0 Å². The second-order valence-corrected chi connectivity index (χ2v) is 5.61. The van der Waals surface area contributed by atoms with Gasteiger partial charge in [0, 0.05) is 0 Å². The Bertz CT molecular complexity index is 336. The first kappa shape index (κ1) is 12.2. The number of carbonyl (C=O) groups is 1. The number of rotatable bonds is 4. The van der Waals surface area contributed by atoms with Crippen LogP contribution in [0.15, 0.2) is 16.5 Å². The lowest BCUT2D eigenvalue weighted by Gasteiger charge is -2.16. The minimum atomic E-state index is -1.01. The molecule has 0 aliphatic rings. The Balaban J connectivity index is 2.41. The van der Waals surface area contributed by atoms with E-state index in [-0.39, 0.29) is 11.2 Å². The van der Waals surface area contributed by atoms with Crippen molar-refractivity contribution in [2.45, 2.75) is 26.5 Å². The highest BCUT2D eigenvalue weighted by molar-refractivity contribution is 7.98. The molecule has 0 aliphatic carbocycles. The van der Waals surface area contributed by atoms with Crippen molar-refractivity contribution in [1.29, 1.82) is 0 Å². The van der Waals surface area contributed by atoms with Gasteiger partial charge in [0.1, 0.15) is 5.76 Å². The van der Waals surface area contributed by atoms with Gasteiger partial charge in [-0.15, -0.1) is 0 Å². The average Bonchev–Trinajstić information content (AvgIpc) is 2.50. The third-order valence-electron chi connectivity index (χ3n) is 1.65. The Morgan fingerprint density at radius 1 is 1.47 bits per heavy atom. The van der Waals surface area contributed by atoms with Crippen molar-refractivity contribution in [3.8, 4) is 0 Å². The van der Waals surface area contributed by atoms with E-state index < -0.39 is 5.97 Å². The molecular formula is C11H16O3S. The number of hydrogen-bond donors (Lipinski definition) is 1. The van der Waals surface area contributed by atoms with E-state index in [2.05, 4.69) is 20.8 Å². The summed E-state index contributed by atoms with van der Waals surface area (Å²) in [6.07, 6.45) is 0. The van der Waals surface area contributed by atoms with E-state index in [1.807, 2.05) is 0 Å². The van der Waals surface area contributed by atoms with Gasteiger partial charge in [-0.3, -0.25) is 0 Å². The molecule has 0 saturated heterocycles. The summed E-state index contributed by atoms with van der Waals surface area (Å²) < 4.78 is 5.14. The van der Waals surface area contributed by atoms with Crippen LogP contribution < -0.4 is 0 Å². The Labute approximate surface area is 93.9 Å². The molecule has 0 fully saturated rings. The predicted molar refractivity (Wildman–Crippen MR) is 61.3 cm³/mol. The highest BCUT2D eigenvalue weighted by Gasteiger charge is 2.12. The monoisotopic (exact) mass is 228 g/mol. The minimum absolute atomic E-state index is 0.0151. The Hall–Kier alpha value is -0.900. The fraction of sp³-hybridized carbons (Fsp3) is 0.545. The molecule has 0 radical (unpaired) electrons. The van der Waals surface area contributed by atoms with Gasteiger partial charge in [-0.2, -0.15) is 11.8 Å². The van der Waals surface area contributed by atoms with Crippen LogP contribution in [0.4, 0.5) is 0 Å². The Morgan fingerprint density at radius 3 is 2.60 bits per heavy atom. The Morgan fingerprint density at radius 2 is 2.13 bits per heavy atom. The molecule has 3 nitrogen and oxygen atoms in total. The quantitative estimate of drug-likeness (QED) is 0.859. The van der Waals surface area contributed by atoms with E-state index in [0.29, 0.717) is 0 Å². The lowest BCUT2D eigenvalue weighted by molar-refractivity contribution is 0.0661. The van der Waals surface area contributed by atoms with Crippen molar-refractivity contribution < 1.29 is 14.3 Å². The summed E-state index contributed by atoms with van der Waals surface area (Å²) in [4.78, 5) is 10.5. The van der Waals surface area contributed by atoms with Crippen molar-refractivity contribution in [2.75, 3.05) is 5.75 Å². The number of thioether (sulfide) groups is 1. The van der Waals surface area contributed by atoms with Crippen molar-refractivity contribution >= 4 is 17.7 Å². The first-order valence-corrected chi connectivity index (χ1v) is 5.94. The minimum Gasteiger partial charge on any atom is -0.475 e. The molecule has 1 N–H and O–H groups in total. The first-order chi connectivity index (χ1) is 6.88. The molecule has 1 aromatic heterocycles. The van der Waals surface area contributed by atoms with Crippen LogP contribution in [0.5, 0.6) is 0 Å². The van der Waals surface area contributed by atoms with Crippen LogP contribution in [-0.4, -0.2) is 16.8 Å². The SMILES string of the molecule is CC(C)(C)CSCc1ccc(C(=O)O)o1. The summed E-state index contributed by atoms with van der Waals surface area (Å²) in [5.41, 5.74) is 0.285. The fourth-order valence-electron chi connectivity index (χ4n) is 1.03. The van der Waals surface area contributed by atoms with E-state index in [4.69, 9.17) is 9.52 Å². The van der Waals surface area contributed by atoms with Crippen LogP contribution in [0.25, 0.3) is 0 Å². The van der Waals surface area contributed by atoms with Crippen LogP contribution in [-0.2, 0) is 5.75 Å². The molecule has 84 valence electrons. The standard InChI is InChI=1S/C11H16O3S/c1-11(2,3)7-15-6-8-4-5-9(14-8)10(12)13/h4-5H,6-7H2,1-3H3,(H,12,13). The summed E-state index contributed by atoms with van der Waals surface area (Å²) >= 11 is 1.75. The lowest BCUT2D eigenvalue weighted by Crippen LogP contribution is -2.08. The second kappa shape index (κ2) is 4.75. The van der Waals surface area contributed by atoms with Crippen molar-refractivity contribution in [3.63, 3.8) is 0 Å². The van der Waals surface area contributed by atoms with E-state index in [1.165, 1.54) is 6.07 Å². The molecule has 1 rings (SSSR count). The van der Waals surface area contributed by atoms with E-state index >= 15 is 0 Å². The van der Waals surface area contributed by atoms with Crippen LogP contribution in [0, 0.1) is 5.41 Å². The predicted octanol–water partition coefficient (Wildman–Crippen LogP) is 3.26. The van der Waals surface area contributed by atoms with Gasteiger partial charge in [0.25, 0.3) is 0 Å². The van der Waals surface area contributed by atoms with Crippen LogP contribution >= 0.6 is 11.8 Å². The smallest absolute Gasteiger partial charge is 0.371 e. The maximum atomic E-state index is 10.5. The second-order valence-electron chi connectivity index (χ2n) is 4.62. The van der Waals surface area contributed by atoms with E-state index in [9.17, 15) is 4.79 Å². The molecule has 0 aliphatic heterocycles. The summed E-state index contributed by atoms with van der Waals surface area (Å²) in [6.45, 7) is 6.51. The molecule has 0 saturated carbocycles. The summed E-state index contributed by atoms with van der Waals surface area (Å²) in [7, 11) is 0. The molecule has 15 heavy (non-hydrogen) atoms. The van der Waals surface area contributed by atoms with Gasteiger partial charge in [-0.05, 0) is 23.3 Å². The molecule has 0 spiro atoms. The van der Waals surface area contributed by atoms with Gasteiger partial charge in [0.05, 0.1) is 5.75 Å². The number of carboxylic acid groups (broad SMARTS) is 1. The molecule has 0 amide bonds. The zero-order valence-electron chi connectivity index (χ0n) is 9.24. The lowest BCUT2D eigenvalue weighted by atomic mass is 10.0. The summed E-state index contributed by atoms with van der Waals surface area (Å²) in [6, 6.07) is 3.22. The van der Waals surface area contributed by atoms with Crippen LogP contribution in [0.3, 0.4) is 0 Å². The number of furan rings is 1. The maximum Gasteiger partial charge on any atom is 0.371 e. The molecular weight excluding hydrogens is 212 g/mol. The maximum absolute atomic E-state index is 10.5. The van der Waals surface area contributed by atoms with Crippen molar-refractivity contribution in [2.24, 2.45) is 5.41 Å². The largest absolute Gasteiger partial charge is 0.475 e. The van der Waals surface area contributed by atoms with Crippen molar-refractivity contribution in [3.05, 3.63) is 23.7 Å². The third-order valence-corrected chi connectivity index (χ3v) is 3.21. The van der Waals surface area contributed by atoms with E-state index in [0.717, 1.165) is 17.3 Å². The number of carboxylic acids is 1. The van der Waals surface area contributed by atoms with Crippen LogP contribution in [0.2, 0.25) is 0 Å². The van der Waals surface area contributed by atoms with Crippen LogP contribution in [0.1, 0.15) is 37.1 Å². The van der Waals surface area contributed by atoms with Gasteiger partial charge in [-0.25, -0.2) is 4.79 Å². The normalized spacial score (nSPS) is 11.7. The fourth-order valence-corrected chi connectivity index (χ4v) is 2.10. The highest BCUT2D eigenvalue weighted by atomic mass is 32.2. The summed E-state index contributed by atoms with van der Waals surface area (Å²) in [5, 5.41) is 8.65. The zero-order chi connectivity index (χ0) is 11.5. The van der Waals surface area contributed by atoms with Crippen molar-refractivity contribution in [1.82, 2.24) is 0 Å². The summed E-state index contributed by atoms with van der Waals surface area (Å²) in [5.74, 6) is 1.48. The van der Waals surface area contributed by atoms with Gasteiger partial charge in [-0.1, -0.05) is 20.8 Å².